The van der Waals surface area contributed by atoms with Gasteiger partial charge < -0.3 is 10.5 Å². The Bertz CT molecular complexity index is 209. The van der Waals surface area contributed by atoms with Crippen LogP contribution < -0.4 is 5.73 Å². The zero-order valence-corrected chi connectivity index (χ0v) is 9.43. The van der Waals surface area contributed by atoms with E-state index < -0.39 is 0 Å². The van der Waals surface area contributed by atoms with Gasteiger partial charge >= 0.3 is 0 Å². The van der Waals surface area contributed by atoms with Gasteiger partial charge in [0, 0.05) is 0 Å². The highest BCUT2D eigenvalue weighted by atomic mass is 16.5. The quantitative estimate of drug-likeness (QED) is 0.389. The SMILES string of the molecule is CCCCCOC(C)=C(CC)C(N)=O. The largest absolute Gasteiger partial charge is 0.498 e. The van der Waals surface area contributed by atoms with E-state index >= 15 is 0 Å². The van der Waals surface area contributed by atoms with Crippen LogP contribution >= 0.6 is 0 Å². The maximum Gasteiger partial charge on any atom is 0.247 e. The summed E-state index contributed by atoms with van der Waals surface area (Å²) in [5, 5.41) is 0. The molecule has 0 aromatic heterocycles. The Morgan fingerprint density at radius 2 is 1.93 bits per heavy atom. The molecular formula is C11H21NO2. The monoisotopic (exact) mass is 199 g/mol. The van der Waals surface area contributed by atoms with Crippen molar-refractivity contribution in [2.45, 2.75) is 46.5 Å². The summed E-state index contributed by atoms with van der Waals surface area (Å²) < 4.78 is 5.44. The lowest BCUT2D eigenvalue weighted by atomic mass is 10.1. The van der Waals surface area contributed by atoms with Crippen LogP contribution in [0, 0.1) is 0 Å². The summed E-state index contributed by atoms with van der Waals surface area (Å²) in [6.45, 7) is 6.52. The molecular weight excluding hydrogens is 178 g/mol. The van der Waals surface area contributed by atoms with Crippen molar-refractivity contribution in [3.05, 3.63) is 11.3 Å². The minimum Gasteiger partial charge on any atom is -0.498 e. The third-order valence-corrected chi connectivity index (χ3v) is 2.14. The van der Waals surface area contributed by atoms with E-state index in [1.807, 2.05) is 6.92 Å². The van der Waals surface area contributed by atoms with E-state index in [9.17, 15) is 4.79 Å². The number of primary amides is 1. The van der Waals surface area contributed by atoms with Gasteiger partial charge in [0.05, 0.1) is 12.2 Å². The van der Waals surface area contributed by atoms with Crippen molar-refractivity contribution in [2.24, 2.45) is 5.73 Å². The first-order valence-electron chi connectivity index (χ1n) is 5.25. The van der Waals surface area contributed by atoms with Crippen molar-refractivity contribution in [1.29, 1.82) is 0 Å². The van der Waals surface area contributed by atoms with Crippen LogP contribution in [0.5, 0.6) is 0 Å². The summed E-state index contributed by atoms with van der Waals surface area (Å²) in [6, 6.07) is 0. The van der Waals surface area contributed by atoms with Crippen molar-refractivity contribution in [3.8, 4) is 0 Å². The van der Waals surface area contributed by atoms with Gasteiger partial charge in [-0.15, -0.1) is 0 Å². The predicted octanol–water partition coefficient (Wildman–Crippen LogP) is 2.36. The summed E-state index contributed by atoms with van der Waals surface area (Å²) >= 11 is 0. The molecule has 1 amide bonds. The average molecular weight is 199 g/mol. The molecule has 0 heterocycles. The van der Waals surface area contributed by atoms with Crippen LogP contribution in [-0.4, -0.2) is 12.5 Å². The number of nitrogens with two attached hydrogens (primary N) is 1. The Kier molecular flexibility index (Phi) is 6.89. The second kappa shape index (κ2) is 7.42. The smallest absolute Gasteiger partial charge is 0.247 e. The second-order valence-corrected chi connectivity index (χ2v) is 3.31. The summed E-state index contributed by atoms with van der Waals surface area (Å²) in [7, 11) is 0. The van der Waals surface area contributed by atoms with Crippen molar-refractivity contribution in [3.63, 3.8) is 0 Å². The minimum absolute atomic E-state index is 0.375. The van der Waals surface area contributed by atoms with Gasteiger partial charge in [-0.1, -0.05) is 26.7 Å². The topological polar surface area (TPSA) is 52.3 Å². The van der Waals surface area contributed by atoms with Gasteiger partial charge in [0.25, 0.3) is 0 Å². The third kappa shape index (κ3) is 4.90. The molecule has 14 heavy (non-hydrogen) atoms. The summed E-state index contributed by atoms with van der Waals surface area (Å²) in [5.41, 5.74) is 5.80. The number of unbranched alkanes of at least 4 members (excludes halogenated alkanes) is 2. The second-order valence-electron chi connectivity index (χ2n) is 3.31. The van der Waals surface area contributed by atoms with Gasteiger partial charge in [-0.3, -0.25) is 4.79 Å². The van der Waals surface area contributed by atoms with Crippen LogP contribution in [0.15, 0.2) is 11.3 Å². The molecule has 0 unspecified atom stereocenters. The van der Waals surface area contributed by atoms with Gasteiger partial charge in [0.15, 0.2) is 0 Å². The Balaban J connectivity index is 4.00. The number of allylic oxidation sites excluding steroid dienone is 1. The summed E-state index contributed by atoms with van der Waals surface area (Å²) in [6.07, 6.45) is 3.99. The highest BCUT2D eigenvalue weighted by Crippen LogP contribution is 2.10. The van der Waals surface area contributed by atoms with Gasteiger partial charge in [-0.25, -0.2) is 0 Å². The number of ether oxygens (including phenoxy) is 1. The van der Waals surface area contributed by atoms with Crippen LogP contribution in [0.4, 0.5) is 0 Å². The predicted molar refractivity (Wildman–Crippen MR) is 57.7 cm³/mol. The van der Waals surface area contributed by atoms with Crippen molar-refractivity contribution in [1.82, 2.24) is 0 Å². The first kappa shape index (κ1) is 13.0. The highest BCUT2D eigenvalue weighted by Gasteiger charge is 2.07. The molecule has 0 aliphatic carbocycles. The zero-order valence-electron chi connectivity index (χ0n) is 9.43. The van der Waals surface area contributed by atoms with Gasteiger partial charge in [0.2, 0.25) is 5.91 Å². The number of rotatable bonds is 7. The lowest BCUT2D eigenvalue weighted by Crippen LogP contribution is -2.15. The number of carbonyl (C=O) groups excluding carboxylic acids is 1. The van der Waals surface area contributed by atoms with Crippen LogP contribution in [0.25, 0.3) is 0 Å². The Morgan fingerprint density at radius 1 is 1.29 bits per heavy atom. The Morgan fingerprint density at radius 3 is 2.36 bits per heavy atom. The number of hydrogen-bond donors (Lipinski definition) is 1. The summed E-state index contributed by atoms with van der Waals surface area (Å²) in [5.74, 6) is 0.302. The van der Waals surface area contributed by atoms with Gasteiger partial charge in [0.1, 0.15) is 5.76 Å². The molecule has 82 valence electrons. The Labute approximate surface area is 86.3 Å². The van der Waals surface area contributed by atoms with E-state index in [-0.39, 0.29) is 5.91 Å². The molecule has 0 aliphatic heterocycles. The Hall–Kier alpha value is -0.990. The summed E-state index contributed by atoms with van der Waals surface area (Å²) in [4.78, 5) is 10.9. The fraction of sp³-hybridized carbons (Fsp3) is 0.727. The van der Waals surface area contributed by atoms with E-state index in [0.29, 0.717) is 24.4 Å². The van der Waals surface area contributed by atoms with Crippen LogP contribution in [0.3, 0.4) is 0 Å². The molecule has 0 bridgehead atoms. The molecule has 0 aromatic carbocycles. The standard InChI is InChI=1S/C11H21NO2/c1-4-6-7-8-14-9(3)10(5-2)11(12)13/h4-8H2,1-3H3,(H2,12,13). The molecule has 3 heteroatoms. The van der Waals surface area contributed by atoms with Crippen molar-refractivity contribution >= 4 is 5.91 Å². The van der Waals surface area contributed by atoms with E-state index in [1.165, 1.54) is 6.42 Å². The molecule has 0 saturated heterocycles. The maximum absolute atomic E-state index is 10.9. The van der Waals surface area contributed by atoms with Crippen molar-refractivity contribution < 1.29 is 9.53 Å². The van der Waals surface area contributed by atoms with E-state index in [1.54, 1.807) is 6.92 Å². The fourth-order valence-electron chi connectivity index (χ4n) is 1.26. The average Bonchev–Trinajstić information content (AvgIpc) is 2.13. The number of hydrogen-bond acceptors (Lipinski definition) is 2. The first-order chi connectivity index (χ1) is 6.63. The molecule has 0 rings (SSSR count). The molecule has 3 nitrogen and oxygen atoms in total. The maximum atomic E-state index is 10.9. The van der Waals surface area contributed by atoms with Gasteiger partial charge in [-0.2, -0.15) is 0 Å². The highest BCUT2D eigenvalue weighted by molar-refractivity contribution is 5.92. The normalized spacial score (nSPS) is 12.2. The van der Waals surface area contributed by atoms with E-state index in [0.717, 1.165) is 12.8 Å². The van der Waals surface area contributed by atoms with Crippen LogP contribution in [0.2, 0.25) is 0 Å². The van der Waals surface area contributed by atoms with Crippen LogP contribution in [0.1, 0.15) is 46.5 Å². The number of amides is 1. The third-order valence-electron chi connectivity index (χ3n) is 2.14. The number of carbonyl (C=O) groups is 1. The molecule has 2 N–H and O–H groups in total. The fourth-order valence-corrected chi connectivity index (χ4v) is 1.26. The lowest BCUT2D eigenvalue weighted by molar-refractivity contribution is -0.114. The molecule has 0 atom stereocenters. The van der Waals surface area contributed by atoms with Crippen LogP contribution in [-0.2, 0) is 9.53 Å². The first-order valence-corrected chi connectivity index (χ1v) is 5.25. The molecule has 0 fully saturated rings. The molecule has 0 spiro atoms. The molecule has 0 saturated carbocycles. The van der Waals surface area contributed by atoms with E-state index in [2.05, 4.69) is 6.92 Å². The minimum atomic E-state index is -0.375. The van der Waals surface area contributed by atoms with Gasteiger partial charge in [-0.05, 0) is 19.8 Å². The molecule has 0 radical (unpaired) electrons. The molecule has 0 aromatic rings. The van der Waals surface area contributed by atoms with E-state index in [4.69, 9.17) is 10.5 Å². The lowest BCUT2D eigenvalue weighted by Gasteiger charge is -2.09. The molecule has 0 aliphatic rings. The zero-order chi connectivity index (χ0) is 11.0. The van der Waals surface area contributed by atoms with Crippen molar-refractivity contribution in [2.75, 3.05) is 6.61 Å².